The Morgan fingerprint density at radius 3 is 1.62 bits per heavy atom. The first kappa shape index (κ1) is 24.9. The number of carboxylic acids is 2. The molecule has 2 aliphatic carbocycles. The van der Waals surface area contributed by atoms with Gasteiger partial charge in [0, 0.05) is 36.5 Å². The van der Waals surface area contributed by atoms with Crippen LogP contribution in [-0.4, -0.2) is 29.3 Å². The molecule has 0 atom stereocenters. The molecule has 2 saturated carbocycles. The number of aliphatic carboxylic acids is 2. The van der Waals surface area contributed by atoms with E-state index in [2.05, 4.69) is 0 Å². The molecule has 26 heavy (non-hydrogen) atoms. The Morgan fingerprint density at radius 2 is 1.27 bits per heavy atom. The van der Waals surface area contributed by atoms with Gasteiger partial charge in [-0.1, -0.05) is 5.57 Å². The van der Waals surface area contributed by atoms with Gasteiger partial charge in [0.05, 0.1) is 11.1 Å². The van der Waals surface area contributed by atoms with Crippen molar-refractivity contribution in [2.45, 2.75) is 20.8 Å². The van der Waals surface area contributed by atoms with Crippen molar-refractivity contribution in [2.75, 3.05) is 7.11 Å². The molecule has 0 unspecified atom stereocenters. The van der Waals surface area contributed by atoms with Crippen LogP contribution in [-0.2, 0) is 31.4 Å². The summed E-state index contributed by atoms with van der Waals surface area (Å²) in [4.78, 5) is 22.8. The second kappa shape index (κ2) is 12.3. The van der Waals surface area contributed by atoms with E-state index < -0.39 is 11.9 Å². The van der Waals surface area contributed by atoms with Crippen LogP contribution in [0.4, 0.5) is 0 Å². The molecule has 0 saturated heterocycles. The summed E-state index contributed by atoms with van der Waals surface area (Å²) in [6, 6.07) is 0. The largest absolute Gasteiger partial charge is 0.478 e. The van der Waals surface area contributed by atoms with Gasteiger partial charge in [-0.25, -0.2) is 9.59 Å². The second-order valence-electron chi connectivity index (χ2n) is 5.46. The van der Waals surface area contributed by atoms with Gasteiger partial charge in [-0.3, -0.25) is 0 Å². The van der Waals surface area contributed by atoms with Crippen LogP contribution in [0.3, 0.4) is 0 Å². The van der Waals surface area contributed by atoms with Gasteiger partial charge in [0.2, 0.25) is 0 Å². The zero-order chi connectivity index (χ0) is 19.0. The fraction of sp³-hybridized carbons (Fsp3) is 0.200. The number of ether oxygens (including phenoxy) is 1. The van der Waals surface area contributed by atoms with Crippen LogP contribution in [0.1, 0.15) is 20.8 Å². The predicted molar refractivity (Wildman–Crippen MR) is 94.2 cm³/mol. The summed E-state index contributed by atoms with van der Waals surface area (Å²) in [5.74, 6) is -1.96. The van der Waals surface area contributed by atoms with E-state index >= 15 is 0 Å². The molecule has 140 valence electrons. The van der Waals surface area contributed by atoms with Crippen molar-refractivity contribution in [3.63, 3.8) is 0 Å². The Hall–Kier alpha value is -1.10. The minimum Gasteiger partial charge on any atom is -0.478 e. The molecule has 2 fully saturated rings. The molecular weight excluding hydrogens is 376 g/mol. The van der Waals surface area contributed by atoms with E-state index in [0.717, 1.165) is 0 Å². The number of hydrogen-bond donors (Lipinski definition) is 2. The Morgan fingerprint density at radius 1 is 0.808 bits per heavy atom. The van der Waals surface area contributed by atoms with Crippen LogP contribution in [0.5, 0.6) is 0 Å². The summed E-state index contributed by atoms with van der Waals surface area (Å²) in [6.07, 6.45) is 15.6. The van der Waals surface area contributed by atoms with Crippen LogP contribution in [0, 0.1) is 63.4 Å². The molecule has 0 aromatic carbocycles. The summed E-state index contributed by atoms with van der Waals surface area (Å²) in [6.45, 7) is 4.72. The molecule has 5 nitrogen and oxygen atoms in total. The molecule has 0 aromatic rings. The zero-order valence-electron chi connectivity index (χ0n) is 15.1. The Kier molecular flexibility index (Phi) is 11.8. The molecule has 2 aliphatic rings. The number of carbonyl (C=O) groups is 2. The number of rotatable bonds is 5. The van der Waals surface area contributed by atoms with Crippen molar-refractivity contribution in [3.05, 3.63) is 85.7 Å². The van der Waals surface area contributed by atoms with E-state index in [1.54, 1.807) is 40.0 Å². The fourth-order valence-corrected chi connectivity index (χ4v) is 2.37. The van der Waals surface area contributed by atoms with Crippen molar-refractivity contribution in [1.82, 2.24) is 0 Å². The van der Waals surface area contributed by atoms with Crippen molar-refractivity contribution >= 4 is 11.9 Å². The topological polar surface area (TPSA) is 83.8 Å². The first-order valence-corrected chi connectivity index (χ1v) is 7.63. The van der Waals surface area contributed by atoms with E-state index in [0.29, 0.717) is 23.2 Å². The minimum atomic E-state index is -1.27. The quantitative estimate of drug-likeness (QED) is 0.422. The molecule has 2 N–H and O–H groups in total. The van der Waals surface area contributed by atoms with Gasteiger partial charge >= 0.3 is 11.9 Å². The first-order chi connectivity index (χ1) is 11.8. The normalized spacial score (nSPS) is 18.3. The summed E-state index contributed by atoms with van der Waals surface area (Å²) in [5, 5.41) is 18.6. The average Bonchev–Trinajstić information content (AvgIpc) is 3.23. The molecule has 0 amide bonds. The Bertz CT molecular complexity index is 535. The molecule has 0 aliphatic heterocycles. The molecule has 2 rings (SSSR count). The van der Waals surface area contributed by atoms with Gasteiger partial charge < -0.3 is 14.9 Å². The summed E-state index contributed by atoms with van der Waals surface area (Å²) in [5.41, 5.74) is 0.373. The third kappa shape index (κ3) is 6.90. The fourth-order valence-electron chi connectivity index (χ4n) is 2.37. The smallest absolute Gasteiger partial charge is 0.336 e. The van der Waals surface area contributed by atoms with Crippen molar-refractivity contribution in [1.29, 1.82) is 0 Å². The molecule has 10 radical (unpaired) electrons. The number of allylic oxidation sites excluding steroid dienone is 1. The van der Waals surface area contributed by atoms with E-state index in [9.17, 15) is 19.8 Å². The van der Waals surface area contributed by atoms with Gasteiger partial charge in [-0.2, -0.15) is 0 Å². The minimum absolute atomic E-state index is 0. The number of methoxy groups -OCH3 is 1. The van der Waals surface area contributed by atoms with Gasteiger partial charge in [-0.15, -0.1) is 0 Å². The van der Waals surface area contributed by atoms with E-state index in [1.807, 2.05) is 32.1 Å². The second-order valence-corrected chi connectivity index (χ2v) is 5.46. The average molecular weight is 398 g/mol. The molecular formula is C20H22FeO5. The summed E-state index contributed by atoms with van der Waals surface area (Å²) < 4.78 is 5.15. The van der Waals surface area contributed by atoms with Crippen LogP contribution < -0.4 is 0 Å². The third-order valence-electron chi connectivity index (χ3n) is 3.51. The zero-order valence-corrected chi connectivity index (χ0v) is 16.2. The van der Waals surface area contributed by atoms with Crippen molar-refractivity contribution in [2.24, 2.45) is 0 Å². The molecule has 0 heterocycles. The molecule has 0 bridgehead atoms. The van der Waals surface area contributed by atoms with Crippen molar-refractivity contribution in [3.8, 4) is 0 Å². The van der Waals surface area contributed by atoms with Crippen LogP contribution in [0.2, 0.25) is 0 Å². The standard InChI is InChI=1S/C15H17O5.C5H5.Fe/c1-8(2)12(14(16)17)13(15(18)19)9(3)10-6-5-7-11(10)20-4;1-2-4-5-3-1;/h5-7H,1-4H3,(H,16,17)(H,18,19);1-5H;/b13-9+;;. The third-order valence-corrected chi connectivity index (χ3v) is 3.51. The maximum absolute atomic E-state index is 11.5. The van der Waals surface area contributed by atoms with Gasteiger partial charge in [0.25, 0.3) is 0 Å². The van der Waals surface area contributed by atoms with Crippen LogP contribution in [0.15, 0.2) is 22.3 Å². The van der Waals surface area contributed by atoms with Gasteiger partial charge in [0.15, 0.2) is 0 Å². The molecule has 6 heteroatoms. The van der Waals surface area contributed by atoms with Crippen molar-refractivity contribution < 1.29 is 41.6 Å². The van der Waals surface area contributed by atoms with E-state index in [-0.39, 0.29) is 28.2 Å². The van der Waals surface area contributed by atoms with E-state index in [1.165, 1.54) is 7.11 Å². The Labute approximate surface area is 167 Å². The SMILES string of the molecule is CO[C]1[CH][CH][CH][C]1/C(C)=C(/C(=O)O)C(C(=O)O)=C(C)C.[CH]1[CH][CH][CH][CH]1.[Fe]. The van der Waals surface area contributed by atoms with Gasteiger partial charge in [0.1, 0.15) is 6.10 Å². The number of hydrogen-bond acceptors (Lipinski definition) is 3. The monoisotopic (exact) mass is 398 g/mol. The van der Waals surface area contributed by atoms with Crippen LogP contribution >= 0.6 is 0 Å². The first-order valence-electron chi connectivity index (χ1n) is 7.63. The maximum Gasteiger partial charge on any atom is 0.336 e. The Balaban J connectivity index is 0.000000893. The molecule has 0 aromatic heterocycles. The summed E-state index contributed by atoms with van der Waals surface area (Å²) >= 11 is 0. The summed E-state index contributed by atoms with van der Waals surface area (Å²) in [7, 11) is 1.48. The predicted octanol–water partition coefficient (Wildman–Crippen LogP) is 3.21. The van der Waals surface area contributed by atoms with E-state index in [4.69, 9.17) is 4.74 Å². The maximum atomic E-state index is 11.5. The van der Waals surface area contributed by atoms with Crippen LogP contribution in [0.25, 0.3) is 0 Å². The van der Waals surface area contributed by atoms with Gasteiger partial charge in [-0.05, 0) is 71.3 Å². The number of carboxylic acid groups (broad SMARTS) is 2. The molecule has 0 spiro atoms.